The van der Waals surface area contributed by atoms with E-state index < -0.39 is 14.2 Å². The molecule has 0 saturated carbocycles. The average molecular weight is 759 g/mol. The van der Waals surface area contributed by atoms with Crippen molar-refractivity contribution in [3.8, 4) is 28.7 Å². The quantitative estimate of drug-likeness (QED) is 0.119. The lowest BCUT2D eigenvalue weighted by Crippen LogP contribution is -2.51. The summed E-state index contributed by atoms with van der Waals surface area (Å²) < 4.78 is 22.3. The number of aromatic amines is 1. The molecular formula is C42H47FN8OSSi. The van der Waals surface area contributed by atoms with E-state index in [1.807, 2.05) is 12.4 Å². The Morgan fingerprint density at radius 1 is 1.04 bits per heavy atom. The Balaban J connectivity index is 1.17. The Morgan fingerprint density at radius 3 is 2.69 bits per heavy atom. The number of H-pyrrole nitrogens is 1. The number of piperazine rings is 1. The van der Waals surface area contributed by atoms with E-state index in [0.717, 1.165) is 115 Å². The van der Waals surface area contributed by atoms with Crippen LogP contribution in [0.1, 0.15) is 58.4 Å². The average Bonchev–Trinajstić information content (AvgIpc) is 4.02. The van der Waals surface area contributed by atoms with E-state index in [9.17, 15) is 4.39 Å². The third-order valence-electron chi connectivity index (χ3n) is 13.3. The number of benzene rings is 2. The predicted molar refractivity (Wildman–Crippen MR) is 220 cm³/mol. The largest absolute Gasteiger partial charge is 0.461 e. The first-order valence-electron chi connectivity index (χ1n) is 19.9. The fraction of sp³-hybridized carbons (Fsp3) is 0.476. The number of hydrogen-bond donors (Lipinski definition) is 2. The number of rotatable bonds is 8. The molecule has 10 rings (SSSR count). The molecule has 8 heterocycles. The Kier molecular flexibility index (Phi) is 8.43. The molecule has 278 valence electrons. The summed E-state index contributed by atoms with van der Waals surface area (Å²) in [7, 11) is -1.70. The fourth-order valence-electron chi connectivity index (χ4n) is 10.1. The van der Waals surface area contributed by atoms with Crippen molar-refractivity contribution in [2.75, 3.05) is 37.7 Å². The van der Waals surface area contributed by atoms with Crippen molar-refractivity contribution in [1.29, 1.82) is 0 Å². The zero-order valence-corrected chi connectivity index (χ0v) is 33.2. The minimum atomic E-state index is -1.70. The van der Waals surface area contributed by atoms with Crippen LogP contribution in [0.25, 0.3) is 53.2 Å². The normalized spacial score (nSPS) is 24.2. The number of hydrogen-bond acceptors (Lipinski definition) is 9. The monoisotopic (exact) mass is 758 g/mol. The van der Waals surface area contributed by atoms with Gasteiger partial charge in [0.1, 0.15) is 31.5 Å². The highest BCUT2D eigenvalue weighted by molar-refractivity contribution is 7.26. The molecule has 2 aromatic carbocycles. The first-order chi connectivity index (χ1) is 26.4. The van der Waals surface area contributed by atoms with E-state index in [0.29, 0.717) is 37.7 Å². The van der Waals surface area contributed by atoms with Gasteiger partial charge in [-0.1, -0.05) is 38.8 Å². The highest BCUT2D eigenvalue weighted by Crippen LogP contribution is 2.47. The number of anilines is 1. The summed E-state index contributed by atoms with van der Waals surface area (Å²) in [6, 6.07) is 15.5. The van der Waals surface area contributed by atoms with Crippen molar-refractivity contribution < 1.29 is 9.13 Å². The van der Waals surface area contributed by atoms with Gasteiger partial charge in [-0.3, -0.25) is 15.0 Å². The van der Waals surface area contributed by atoms with Gasteiger partial charge in [-0.25, -0.2) is 4.39 Å². The third-order valence-corrected chi connectivity index (χ3v) is 19.1. The van der Waals surface area contributed by atoms with E-state index >= 15 is 0 Å². The summed E-state index contributed by atoms with van der Waals surface area (Å²) in [5, 5.41) is 16.9. The number of nitrogens with zero attached hydrogens (tertiary/aromatic N) is 6. The fourth-order valence-corrected chi connectivity index (χ4v) is 13.7. The lowest BCUT2D eigenvalue weighted by atomic mass is 9.94. The molecule has 0 radical (unpaired) electrons. The second-order valence-corrected chi connectivity index (χ2v) is 22.1. The maximum atomic E-state index is 14.7. The zero-order valence-electron chi connectivity index (χ0n) is 31.3. The number of aromatic nitrogens is 5. The van der Waals surface area contributed by atoms with Crippen molar-refractivity contribution in [2.45, 2.75) is 94.8 Å². The molecule has 4 atom stereocenters. The number of alkyl halides is 1. The molecule has 4 aromatic heterocycles. The number of fused-ring (bicyclic) bond motifs is 8. The van der Waals surface area contributed by atoms with Crippen molar-refractivity contribution in [2.24, 2.45) is 0 Å². The second kappa shape index (κ2) is 13.3. The highest BCUT2D eigenvalue weighted by Gasteiger charge is 2.49. The molecular weight excluding hydrogens is 712 g/mol. The van der Waals surface area contributed by atoms with E-state index in [2.05, 4.69) is 87.9 Å². The molecule has 0 unspecified atom stereocenters. The minimum absolute atomic E-state index is 0.276. The maximum absolute atomic E-state index is 14.7. The standard InChI is InChI=1S/C42H47FN8OSSi/c1-4-54(5-2,6-3)18-14-26-9-7-10-27-19-33-32(21-45-49-33)35(34(26)27)37-38-31(13-16-44-37)36-39(50-23-29-11-12-30(24-50)46-29)47-41(48-40(36)53-38)52-25-42-15-8-17-51(42)22-28(43)20-42/h7,9-10,13,16,19,21,28-30,46H,4-6,8,11-12,15,17,20,22-25H2,1-3H3,(H,45,49)/t28-,29-,30+,42+/m1/s1. The lowest BCUT2D eigenvalue weighted by Gasteiger charge is -2.34. The topological polar surface area (TPSA) is 95.1 Å². The number of nitrogens with one attached hydrogen (secondary N) is 2. The predicted octanol–water partition coefficient (Wildman–Crippen LogP) is 8.23. The number of pyridine rings is 1. The zero-order chi connectivity index (χ0) is 36.6. The Labute approximate surface area is 320 Å². The molecule has 12 heteroatoms. The number of halogens is 1. The van der Waals surface area contributed by atoms with Gasteiger partial charge in [0.25, 0.3) is 0 Å². The van der Waals surface area contributed by atoms with Crippen LogP contribution in [0.15, 0.2) is 42.7 Å². The molecule has 0 aliphatic carbocycles. The molecule has 54 heavy (non-hydrogen) atoms. The third kappa shape index (κ3) is 5.53. The summed E-state index contributed by atoms with van der Waals surface area (Å²) >= 11 is 1.66. The van der Waals surface area contributed by atoms with Crippen LogP contribution in [0.4, 0.5) is 10.2 Å². The van der Waals surface area contributed by atoms with Crippen molar-refractivity contribution in [1.82, 2.24) is 35.4 Å². The number of ether oxygens (including phenoxy) is 1. The Hall–Kier alpha value is -4.15. The van der Waals surface area contributed by atoms with Crippen LogP contribution in [0.5, 0.6) is 6.01 Å². The summed E-state index contributed by atoms with van der Waals surface area (Å²) in [5.41, 5.74) is 7.54. The van der Waals surface area contributed by atoms with E-state index in [-0.39, 0.29) is 5.54 Å². The Morgan fingerprint density at radius 2 is 1.87 bits per heavy atom. The summed E-state index contributed by atoms with van der Waals surface area (Å²) in [6.45, 7) is 10.5. The van der Waals surface area contributed by atoms with Crippen LogP contribution in [-0.4, -0.2) is 94.7 Å². The van der Waals surface area contributed by atoms with Crippen molar-refractivity contribution >= 4 is 67.2 Å². The van der Waals surface area contributed by atoms with Gasteiger partial charge in [-0.2, -0.15) is 15.1 Å². The molecule has 4 fully saturated rings. The van der Waals surface area contributed by atoms with Gasteiger partial charge in [0.05, 0.1) is 33.0 Å². The van der Waals surface area contributed by atoms with Crippen LogP contribution >= 0.6 is 11.3 Å². The summed E-state index contributed by atoms with van der Waals surface area (Å²) in [4.78, 5) is 21.1. The molecule has 2 N–H and O–H groups in total. The van der Waals surface area contributed by atoms with Crippen LogP contribution in [0.2, 0.25) is 18.1 Å². The molecule has 9 nitrogen and oxygen atoms in total. The van der Waals surface area contributed by atoms with Crippen LogP contribution in [0.3, 0.4) is 0 Å². The first kappa shape index (κ1) is 34.3. The van der Waals surface area contributed by atoms with Gasteiger partial charge >= 0.3 is 6.01 Å². The second-order valence-electron chi connectivity index (χ2n) is 16.1. The Bertz CT molecular complexity index is 2470. The maximum Gasteiger partial charge on any atom is 0.319 e. The van der Waals surface area contributed by atoms with Crippen LogP contribution < -0.4 is 15.0 Å². The first-order valence-corrected chi connectivity index (χ1v) is 23.4. The van der Waals surface area contributed by atoms with E-state index in [1.54, 1.807) is 11.3 Å². The molecule has 0 amide bonds. The number of thiophene rings is 1. The summed E-state index contributed by atoms with van der Waals surface area (Å²) in [5.74, 6) is 4.65. The van der Waals surface area contributed by atoms with Gasteiger partial charge in [0.15, 0.2) is 0 Å². The molecule has 4 saturated heterocycles. The highest BCUT2D eigenvalue weighted by atomic mass is 32.1. The van der Waals surface area contributed by atoms with Crippen LogP contribution in [-0.2, 0) is 0 Å². The van der Waals surface area contributed by atoms with Gasteiger partial charge in [-0.15, -0.1) is 16.9 Å². The van der Waals surface area contributed by atoms with Crippen molar-refractivity contribution in [3.63, 3.8) is 0 Å². The summed E-state index contributed by atoms with van der Waals surface area (Å²) in [6.07, 6.45) is 7.92. The molecule has 2 bridgehead atoms. The van der Waals surface area contributed by atoms with Gasteiger partial charge in [0, 0.05) is 71.6 Å². The van der Waals surface area contributed by atoms with Crippen molar-refractivity contribution in [3.05, 3.63) is 48.3 Å². The molecule has 4 aliphatic rings. The SMILES string of the molecule is CC[Si](C#Cc1cccc2cc3[nH]ncc3c(-c3nccc4c3sc3nc(OC[C@@]56CCCN5C[C@H](F)C6)nc(N5C[C@H]6CC[C@@H](C5)N6)c34)c12)(CC)CC. The smallest absolute Gasteiger partial charge is 0.319 e. The molecule has 4 aliphatic heterocycles. The van der Waals surface area contributed by atoms with Gasteiger partial charge < -0.3 is 15.0 Å². The molecule has 6 aromatic rings. The van der Waals surface area contributed by atoms with E-state index in [1.165, 1.54) is 12.8 Å². The lowest BCUT2D eigenvalue weighted by molar-refractivity contribution is 0.107. The molecule has 0 spiro atoms. The van der Waals surface area contributed by atoms with Crippen LogP contribution in [0, 0.1) is 11.5 Å². The minimum Gasteiger partial charge on any atom is -0.461 e. The van der Waals surface area contributed by atoms with Gasteiger partial charge in [0.2, 0.25) is 0 Å². The van der Waals surface area contributed by atoms with E-state index in [4.69, 9.17) is 19.7 Å². The van der Waals surface area contributed by atoms with Gasteiger partial charge in [-0.05, 0) is 73.9 Å².